The van der Waals surface area contributed by atoms with Gasteiger partial charge in [-0.15, -0.1) is 0 Å². The third-order valence-electron chi connectivity index (χ3n) is 4.37. The van der Waals surface area contributed by atoms with Crippen molar-refractivity contribution in [3.63, 3.8) is 0 Å². The second-order valence-electron chi connectivity index (χ2n) is 6.01. The fraction of sp³-hybridized carbons (Fsp3) is 0.562. The number of rotatable bonds is 2. The number of aryl methyl sites for hydroxylation is 1. The summed E-state index contributed by atoms with van der Waals surface area (Å²) in [7, 11) is 2.03. The topological polar surface area (TPSA) is 33.1 Å². The van der Waals surface area contributed by atoms with Crippen molar-refractivity contribution in [1.82, 2.24) is 20.0 Å². The lowest BCUT2D eigenvalue weighted by Crippen LogP contribution is -2.38. The number of hydrogen-bond acceptors (Lipinski definition) is 3. The summed E-state index contributed by atoms with van der Waals surface area (Å²) in [4.78, 5) is 2.55. The van der Waals surface area contributed by atoms with Crippen molar-refractivity contribution in [2.45, 2.75) is 38.9 Å². The summed E-state index contributed by atoms with van der Waals surface area (Å²) in [5.41, 5.74) is 2.42. The monoisotopic (exact) mass is 272 g/mol. The molecule has 4 nitrogen and oxygen atoms in total. The maximum atomic E-state index is 4.73. The predicted molar refractivity (Wildman–Crippen MR) is 82.7 cm³/mol. The number of aromatic nitrogens is 2. The minimum atomic E-state index is 0.551. The van der Waals surface area contributed by atoms with Crippen molar-refractivity contribution in [1.29, 1.82) is 0 Å². The Hall–Kier alpha value is -1.39. The zero-order chi connectivity index (χ0) is 14.1. The van der Waals surface area contributed by atoms with Gasteiger partial charge in [0.25, 0.3) is 0 Å². The molecule has 1 fully saturated rings. The molecule has 108 valence electrons. The lowest BCUT2D eigenvalue weighted by Gasteiger charge is -2.27. The van der Waals surface area contributed by atoms with E-state index in [0.717, 1.165) is 19.6 Å². The maximum absolute atomic E-state index is 4.73. The molecule has 2 aromatic rings. The lowest BCUT2D eigenvalue weighted by atomic mass is 10.1. The van der Waals surface area contributed by atoms with Gasteiger partial charge in [-0.25, -0.2) is 0 Å². The van der Waals surface area contributed by atoms with Gasteiger partial charge in [-0.2, -0.15) is 5.10 Å². The van der Waals surface area contributed by atoms with Gasteiger partial charge in [-0.3, -0.25) is 9.58 Å². The minimum Gasteiger partial charge on any atom is -0.313 e. The van der Waals surface area contributed by atoms with Gasteiger partial charge in [-0.1, -0.05) is 18.2 Å². The van der Waals surface area contributed by atoms with Crippen molar-refractivity contribution in [3.8, 4) is 0 Å². The molecule has 1 aliphatic heterocycles. The molecule has 1 saturated heterocycles. The van der Waals surface area contributed by atoms with Gasteiger partial charge in [0, 0.05) is 37.6 Å². The molecule has 20 heavy (non-hydrogen) atoms. The summed E-state index contributed by atoms with van der Waals surface area (Å²) in [6.45, 7) is 7.73. The van der Waals surface area contributed by atoms with Crippen LogP contribution < -0.4 is 5.32 Å². The maximum Gasteiger partial charge on any atom is 0.0843 e. The number of fused-ring (bicyclic) bond motifs is 1. The molecule has 0 amide bonds. The highest BCUT2D eigenvalue weighted by atomic mass is 15.3. The fourth-order valence-electron chi connectivity index (χ4n) is 3.14. The molecule has 2 atom stereocenters. The Labute approximate surface area is 120 Å². The zero-order valence-corrected chi connectivity index (χ0v) is 12.6. The smallest absolute Gasteiger partial charge is 0.0843 e. The van der Waals surface area contributed by atoms with Crippen LogP contribution in [0, 0.1) is 0 Å². The molecular weight excluding hydrogens is 248 g/mol. The van der Waals surface area contributed by atoms with E-state index < -0.39 is 0 Å². The third kappa shape index (κ3) is 2.58. The van der Waals surface area contributed by atoms with Crippen LogP contribution in [0.25, 0.3) is 10.9 Å². The molecule has 2 heterocycles. The van der Waals surface area contributed by atoms with Gasteiger partial charge >= 0.3 is 0 Å². The quantitative estimate of drug-likeness (QED) is 0.909. The molecule has 0 radical (unpaired) electrons. The highest BCUT2D eigenvalue weighted by molar-refractivity contribution is 5.81. The Morgan fingerprint density at radius 1 is 1.30 bits per heavy atom. The first-order chi connectivity index (χ1) is 9.65. The Kier molecular flexibility index (Phi) is 3.76. The molecular formula is C16H24N4. The molecule has 4 heteroatoms. The first kappa shape index (κ1) is 13.6. The van der Waals surface area contributed by atoms with Crippen LogP contribution in [0.3, 0.4) is 0 Å². The first-order valence-corrected chi connectivity index (χ1v) is 7.53. The number of para-hydroxylation sites is 1. The normalized spacial score (nSPS) is 24.9. The van der Waals surface area contributed by atoms with Gasteiger partial charge in [0.05, 0.1) is 11.2 Å². The third-order valence-corrected chi connectivity index (χ3v) is 4.37. The van der Waals surface area contributed by atoms with Crippen LogP contribution in [0.4, 0.5) is 0 Å². The molecule has 1 N–H and O–H groups in total. The van der Waals surface area contributed by atoms with E-state index in [9.17, 15) is 0 Å². The molecule has 0 saturated carbocycles. The molecule has 1 aromatic carbocycles. The fourth-order valence-corrected chi connectivity index (χ4v) is 3.14. The second kappa shape index (κ2) is 5.54. The molecule has 1 aliphatic rings. The van der Waals surface area contributed by atoms with Crippen LogP contribution in [0.5, 0.6) is 0 Å². The molecule has 0 bridgehead atoms. The van der Waals surface area contributed by atoms with Gasteiger partial charge in [0.15, 0.2) is 0 Å². The van der Waals surface area contributed by atoms with Gasteiger partial charge in [-0.05, 0) is 32.9 Å². The Balaban J connectivity index is 1.88. The van der Waals surface area contributed by atoms with E-state index in [2.05, 4.69) is 48.3 Å². The molecule has 0 aliphatic carbocycles. The number of nitrogens with one attached hydrogen (secondary N) is 1. The van der Waals surface area contributed by atoms with Gasteiger partial charge in [0.1, 0.15) is 0 Å². The molecule has 0 spiro atoms. The van der Waals surface area contributed by atoms with Crippen LogP contribution in [-0.4, -0.2) is 39.9 Å². The van der Waals surface area contributed by atoms with Crippen LogP contribution in [0.1, 0.15) is 26.0 Å². The summed E-state index contributed by atoms with van der Waals surface area (Å²) in [6, 6.07) is 9.66. The van der Waals surface area contributed by atoms with E-state index in [1.165, 1.54) is 23.0 Å². The van der Waals surface area contributed by atoms with Crippen LogP contribution >= 0.6 is 0 Å². The van der Waals surface area contributed by atoms with E-state index >= 15 is 0 Å². The number of nitrogens with zero attached hydrogens (tertiary/aromatic N) is 3. The average Bonchev–Trinajstić information content (AvgIpc) is 2.65. The number of hydrogen-bond donors (Lipinski definition) is 1. The second-order valence-corrected chi connectivity index (χ2v) is 6.01. The highest BCUT2D eigenvalue weighted by Crippen LogP contribution is 2.21. The Morgan fingerprint density at radius 2 is 2.10 bits per heavy atom. The SMILES string of the molecule is CC1CN(Cc2nn(C)c3ccccc23)C(C)CCN1. The van der Waals surface area contributed by atoms with Crippen molar-refractivity contribution in [3.05, 3.63) is 30.0 Å². The summed E-state index contributed by atoms with van der Waals surface area (Å²) in [5.74, 6) is 0. The zero-order valence-electron chi connectivity index (χ0n) is 12.6. The van der Waals surface area contributed by atoms with Crippen molar-refractivity contribution in [2.24, 2.45) is 7.05 Å². The predicted octanol–water partition coefficient (Wildman–Crippen LogP) is 2.15. The van der Waals surface area contributed by atoms with Crippen molar-refractivity contribution >= 4 is 10.9 Å². The van der Waals surface area contributed by atoms with E-state index in [4.69, 9.17) is 5.10 Å². The summed E-state index contributed by atoms with van der Waals surface area (Å²) in [5, 5.41) is 9.58. The summed E-state index contributed by atoms with van der Waals surface area (Å²) < 4.78 is 1.99. The molecule has 2 unspecified atom stereocenters. The van der Waals surface area contributed by atoms with Crippen LogP contribution in [0.2, 0.25) is 0 Å². The van der Waals surface area contributed by atoms with E-state index in [1.54, 1.807) is 0 Å². The van der Waals surface area contributed by atoms with E-state index in [-0.39, 0.29) is 0 Å². The molecule has 3 rings (SSSR count). The van der Waals surface area contributed by atoms with E-state index in [1.807, 2.05) is 11.7 Å². The summed E-state index contributed by atoms with van der Waals surface area (Å²) in [6.07, 6.45) is 1.20. The van der Waals surface area contributed by atoms with Crippen molar-refractivity contribution < 1.29 is 0 Å². The van der Waals surface area contributed by atoms with Crippen LogP contribution in [0.15, 0.2) is 24.3 Å². The van der Waals surface area contributed by atoms with Gasteiger partial charge in [0.2, 0.25) is 0 Å². The average molecular weight is 272 g/mol. The number of benzene rings is 1. The Bertz CT molecular complexity index is 589. The summed E-state index contributed by atoms with van der Waals surface area (Å²) >= 11 is 0. The standard InChI is InChI=1S/C16H24N4/c1-12-10-20(13(2)8-9-17-12)11-15-14-6-4-5-7-16(14)19(3)18-15/h4-7,12-13,17H,8-11H2,1-3H3. The largest absolute Gasteiger partial charge is 0.313 e. The van der Waals surface area contributed by atoms with Gasteiger partial charge < -0.3 is 5.32 Å². The van der Waals surface area contributed by atoms with Crippen LogP contribution in [-0.2, 0) is 13.6 Å². The lowest BCUT2D eigenvalue weighted by molar-refractivity contribution is 0.197. The van der Waals surface area contributed by atoms with Crippen molar-refractivity contribution in [2.75, 3.05) is 13.1 Å². The highest BCUT2D eigenvalue weighted by Gasteiger charge is 2.22. The van der Waals surface area contributed by atoms with E-state index in [0.29, 0.717) is 12.1 Å². The molecule has 1 aromatic heterocycles. The minimum absolute atomic E-state index is 0.551. The first-order valence-electron chi connectivity index (χ1n) is 7.53. The Morgan fingerprint density at radius 3 is 2.95 bits per heavy atom.